The second-order valence-corrected chi connectivity index (χ2v) is 6.17. The first-order chi connectivity index (χ1) is 9.63. The van der Waals surface area contributed by atoms with E-state index in [0.717, 1.165) is 31.1 Å². The number of imidazole rings is 1. The molecule has 20 heavy (non-hydrogen) atoms. The highest BCUT2D eigenvalue weighted by Gasteiger charge is 2.35. The van der Waals surface area contributed by atoms with Crippen LogP contribution in [0.25, 0.3) is 11.0 Å². The molecule has 2 heterocycles. The number of benzene rings is 1. The van der Waals surface area contributed by atoms with Crippen LogP contribution in [-0.2, 0) is 0 Å². The molecule has 6 heteroatoms. The molecule has 2 fully saturated rings. The third-order valence-electron chi connectivity index (χ3n) is 4.38. The van der Waals surface area contributed by atoms with Crippen molar-refractivity contribution in [2.75, 3.05) is 18.8 Å². The van der Waals surface area contributed by atoms with Crippen molar-refractivity contribution in [3.63, 3.8) is 0 Å². The fourth-order valence-electron chi connectivity index (χ4n) is 3.24. The van der Waals surface area contributed by atoms with Crippen LogP contribution >= 0.6 is 11.6 Å². The van der Waals surface area contributed by atoms with Gasteiger partial charge in [-0.25, -0.2) is 9.37 Å². The van der Waals surface area contributed by atoms with E-state index in [1.54, 1.807) is 6.07 Å². The fraction of sp³-hybridized carbons (Fsp3) is 0.500. The van der Waals surface area contributed by atoms with Crippen LogP contribution < -0.4 is 5.73 Å². The van der Waals surface area contributed by atoms with E-state index in [2.05, 4.69) is 9.88 Å². The number of anilines is 1. The molecule has 4 rings (SSSR count). The van der Waals surface area contributed by atoms with Gasteiger partial charge in [0.15, 0.2) is 0 Å². The van der Waals surface area contributed by atoms with Gasteiger partial charge in [0.25, 0.3) is 0 Å². The Balaban J connectivity index is 1.75. The molecule has 2 aliphatic rings. The zero-order chi connectivity index (χ0) is 13.9. The summed E-state index contributed by atoms with van der Waals surface area (Å²) in [5.74, 6) is -0.000779. The van der Waals surface area contributed by atoms with Gasteiger partial charge >= 0.3 is 0 Å². The quantitative estimate of drug-likeness (QED) is 0.926. The molecule has 106 valence electrons. The van der Waals surface area contributed by atoms with E-state index in [1.807, 2.05) is 4.57 Å². The number of nitrogens with zero attached hydrogens (tertiary/aromatic N) is 3. The van der Waals surface area contributed by atoms with Gasteiger partial charge < -0.3 is 10.3 Å². The van der Waals surface area contributed by atoms with Crippen LogP contribution in [0.15, 0.2) is 12.1 Å². The molecule has 1 saturated heterocycles. The zero-order valence-corrected chi connectivity index (χ0v) is 11.8. The minimum atomic E-state index is -0.449. The van der Waals surface area contributed by atoms with Crippen LogP contribution in [0.2, 0.25) is 5.02 Å². The van der Waals surface area contributed by atoms with Crippen molar-refractivity contribution in [2.24, 2.45) is 0 Å². The predicted octanol–water partition coefficient (Wildman–Crippen LogP) is 2.82. The standard InChI is InChI=1S/C14H16ClFN4/c15-10-5-13-12(6-11(10)16)18-14(17)20(13)9-3-4-19(7-9)8-1-2-8/h5-6,8-9H,1-4,7H2,(H2,17,18). The number of fused-ring (bicyclic) bond motifs is 1. The molecule has 1 saturated carbocycles. The maximum absolute atomic E-state index is 13.5. The summed E-state index contributed by atoms with van der Waals surface area (Å²) in [6, 6.07) is 4.06. The smallest absolute Gasteiger partial charge is 0.201 e. The van der Waals surface area contributed by atoms with Gasteiger partial charge in [0, 0.05) is 25.2 Å². The molecule has 1 aliphatic carbocycles. The second kappa shape index (κ2) is 4.33. The van der Waals surface area contributed by atoms with Gasteiger partial charge in [-0.15, -0.1) is 0 Å². The topological polar surface area (TPSA) is 47.1 Å². The molecule has 0 bridgehead atoms. The number of nitrogen functional groups attached to an aromatic ring is 1. The number of aromatic nitrogens is 2. The lowest BCUT2D eigenvalue weighted by molar-refractivity contribution is 0.315. The van der Waals surface area contributed by atoms with Gasteiger partial charge in [0.1, 0.15) is 5.82 Å². The Morgan fingerprint density at radius 2 is 2.05 bits per heavy atom. The summed E-state index contributed by atoms with van der Waals surface area (Å²) in [6.07, 6.45) is 3.68. The molecule has 2 aromatic rings. The Morgan fingerprint density at radius 1 is 1.25 bits per heavy atom. The van der Waals surface area contributed by atoms with Crippen LogP contribution in [0, 0.1) is 5.82 Å². The lowest BCUT2D eigenvalue weighted by Crippen LogP contribution is -2.24. The van der Waals surface area contributed by atoms with Crippen molar-refractivity contribution in [3.8, 4) is 0 Å². The highest BCUT2D eigenvalue weighted by Crippen LogP contribution is 2.36. The second-order valence-electron chi connectivity index (χ2n) is 5.76. The molecular weight excluding hydrogens is 279 g/mol. The number of likely N-dealkylation sites (tertiary alicyclic amines) is 1. The average Bonchev–Trinajstić information content (AvgIpc) is 3.06. The highest BCUT2D eigenvalue weighted by molar-refractivity contribution is 6.31. The van der Waals surface area contributed by atoms with Crippen molar-refractivity contribution in [1.82, 2.24) is 14.5 Å². The summed E-state index contributed by atoms with van der Waals surface area (Å²) in [5.41, 5.74) is 7.45. The van der Waals surface area contributed by atoms with Crippen LogP contribution in [0.4, 0.5) is 10.3 Å². The molecular formula is C14H16ClFN4. The molecule has 0 radical (unpaired) electrons. The molecule has 2 N–H and O–H groups in total. The van der Waals surface area contributed by atoms with E-state index in [9.17, 15) is 4.39 Å². The molecule has 1 aliphatic heterocycles. The van der Waals surface area contributed by atoms with Crippen molar-refractivity contribution in [1.29, 1.82) is 0 Å². The van der Waals surface area contributed by atoms with E-state index in [4.69, 9.17) is 17.3 Å². The van der Waals surface area contributed by atoms with E-state index in [-0.39, 0.29) is 5.02 Å². The monoisotopic (exact) mass is 294 g/mol. The number of hydrogen-bond acceptors (Lipinski definition) is 3. The number of halogens is 2. The Kier molecular flexibility index (Phi) is 2.69. The van der Waals surface area contributed by atoms with Crippen LogP contribution in [0.1, 0.15) is 25.3 Å². The van der Waals surface area contributed by atoms with Gasteiger partial charge in [-0.3, -0.25) is 4.90 Å². The highest BCUT2D eigenvalue weighted by atomic mass is 35.5. The zero-order valence-electron chi connectivity index (χ0n) is 11.0. The minimum absolute atomic E-state index is 0.121. The average molecular weight is 295 g/mol. The predicted molar refractivity (Wildman–Crippen MR) is 77.4 cm³/mol. The molecule has 0 spiro atoms. The summed E-state index contributed by atoms with van der Waals surface area (Å²) in [6.45, 7) is 2.10. The third-order valence-corrected chi connectivity index (χ3v) is 4.67. The first kappa shape index (κ1) is 12.4. The van der Waals surface area contributed by atoms with Crippen molar-refractivity contribution < 1.29 is 4.39 Å². The lowest BCUT2D eigenvalue weighted by atomic mass is 10.2. The van der Waals surface area contributed by atoms with E-state index >= 15 is 0 Å². The van der Waals surface area contributed by atoms with Crippen LogP contribution in [0.3, 0.4) is 0 Å². The SMILES string of the molecule is Nc1nc2cc(F)c(Cl)cc2n1C1CCN(C2CC2)C1. The van der Waals surface area contributed by atoms with Crippen molar-refractivity contribution in [2.45, 2.75) is 31.3 Å². The Labute approximate surface area is 121 Å². The number of hydrogen-bond donors (Lipinski definition) is 1. The largest absolute Gasteiger partial charge is 0.369 e. The van der Waals surface area contributed by atoms with Crippen LogP contribution in [-0.4, -0.2) is 33.6 Å². The Hall–Kier alpha value is -1.33. The van der Waals surface area contributed by atoms with E-state index in [0.29, 0.717) is 17.5 Å². The van der Waals surface area contributed by atoms with Gasteiger partial charge in [-0.05, 0) is 25.3 Å². The van der Waals surface area contributed by atoms with Gasteiger partial charge in [-0.2, -0.15) is 0 Å². The molecule has 0 amide bonds. The fourth-order valence-corrected chi connectivity index (χ4v) is 3.40. The summed E-state index contributed by atoms with van der Waals surface area (Å²) in [4.78, 5) is 6.78. The third kappa shape index (κ3) is 1.88. The first-order valence-corrected chi connectivity index (χ1v) is 7.38. The lowest BCUT2D eigenvalue weighted by Gasteiger charge is -2.17. The molecule has 1 aromatic carbocycles. The maximum Gasteiger partial charge on any atom is 0.201 e. The molecule has 1 unspecified atom stereocenters. The van der Waals surface area contributed by atoms with Gasteiger partial charge in [0.2, 0.25) is 5.95 Å². The summed E-state index contributed by atoms with van der Waals surface area (Å²) in [7, 11) is 0. The summed E-state index contributed by atoms with van der Waals surface area (Å²) >= 11 is 5.90. The number of nitrogens with two attached hydrogens (primary N) is 1. The molecule has 1 atom stereocenters. The molecule has 4 nitrogen and oxygen atoms in total. The normalized spacial score (nSPS) is 23.8. The van der Waals surface area contributed by atoms with Crippen LogP contribution in [0.5, 0.6) is 0 Å². The Bertz CT molecular complexity index is 679. The number of rotatable bonds is 2. The minimum Gasteiger partial charge on any atom is -0.369 e. The van der Waals surface area contributed by atoms with Crippen molar-refractivity contribution in [3.05, 3.63) is 23.0 Å². The Morgan fingerprint density at radius 3 is 2.80 bits per heavy atom. The van der Waals surface area contributed by atoms with Gasteiger partial charge in [-0.1, -0.05) is 11.6 Å². The van der Waals surface area contributed by atoms with E-state index in [1.165, 1.54) is 18.9 Å². The van der Waals surface area contributed by atoms with Gasteiger partial charge in [0.05, 0.1) is 22.1 Å². The summed E-state index contributed by atoms with van der Waals surface area (Å²) in [5, 5.41) is 0.121. The van der Waals surface area contributed by atoms with Crippen molar-refractivity contribution >= 4 is 28.6 Å². The van der Waals surface area contributed by atoms with E-state index < -0.39 is 5.82 Å². The molecule has 1 aromatic heterocycles. The summed E-state index contributed by atoms with van der Waals surface area (Å²) < 4.78 is 15.5. The first-order valence-electron chi connectivity index (χ1n) is 7.00. The maximum atomic E-state index is 13.5.